The molecule has 1 fully saturated rings. The van der Waals surface area contributed by atoms with E-state index in [1.54, 1.807) is 34.4 Å². The lowest BCUT2D eigenvalue weighted by atomic mass is 9.86. The third kappa shape index (κ3) is 5.23. The maximum atomic E-state index is 12.9. The number of halogens is 1. The van der Waals surface area contributed by atoms with Gasteiger partial charge >= 0.3 is 0 Å². The van der Waals surface area contributed by atoms with Crippen molar-refractivity contribution in [3.05, 3.63) is 51.7 Å². The lowest BCUT2D eigenvalue weighted by Gasteiger charge is -2.35. The van der Waals surface area contributed by atoms with E-state index in [0.717, 1.165) is 0 Å². The number of piperazine rings is 1. The van der Waals surface area contributed by atoms with Crippen LogP contribution in [-0.2, 0) is 14.8 Å². The lowest BCUT2D eigenvalue weighted by Crippen LogP contribution is -2.52. The molecule has 3 rings (SSSR count). The van der Waals surface area contributed by atoms with E-state index < -0.39 is 10.0 Å². The van der Waals surface area contributed by atoms with E-state index in [-0.39, 0.29) is 46.9 Å². The normalized spacial score (nSPS) is 17.1. The third-order valence-electron chi connectivity index (χ3n) is 5.20. The van der Waals surface area contributed by atoms with Crippen LogP contribution in [0, 0.1) is 5.41 Å². The van der Waals surface area contributed by atoms with E-state index in [1.807, 2.05) is 11.4 Å². The molecule has 6 nitrogen and oxygen atoms in total. The number of carbonyl (C=O) groups excluding carboxylic acids is 1. The van der Waals surface area contributed by atoms with Crippen LogP contribution in [0.3, 0.4) is 0 Å². The summed E-state index contributed by atoms with van der Waals surface area (Å²) in [7, 11) is -3.67. The number of benzene rings is 1. The van der Waals surface area contributed by atoms with Crippen molar-refractivity contribution < 1.29 is 13.2 Å². The molecule has 1 unspecified atom stereocenters. The smallest absolute Gasteiger partial charge is 0.244 e. The summed E-state index contributed by atoms with van der Waals surface area (Å²) in [6, 6.07) is 10.6. The molecule has 0 radical (unpaired) electrons. The average Bonchev–Trinajstić information content (AvgIpc) is 3.21. The number of nitrogens with zero attached hydrogens (tertiary/aromatic N) is 2. The highest BCUT2D eigenvalue weighted by molar-refractivity contribution is 7.89. The first-order valence-corrected chi connectivity index (χ1v) is 12.6. The number of amides is 1. The molecular weight excluding hydrogens is 442 g/mol. The van der Waals surface area contributed by atoms with Crippen molar-refractivity contribution in [1.29, 1.82) is 0 Å². The van der Waals surface area contributed by atoms with E-state index in [4.69, 9.17) is 11.6 Å². The van der Waals surface area contributed by atoms with Gasteiger partial charge in [-0.1, -0.05) is 50.6 Å². The van der Waals surface area contributed by atoms with Crippen LogP contribution in [0.4, 0.5) is 0 Å². The standard InChI is InChI=1S/C21H28ClN3O3S2/c1-21(2,3)20(17-8-6-14-29-17)23-15-19(26)24-10-12-25(13-11-24)30(27,28)18-9-5-4-7-16(18)22/h4-9,14,20,23H,10-13,15H2,1-3H3. The van der Waals surface area contributed by atoms with Gasteiger partial charge < -0.3 is 10.2 Å². The second kappa shape index (κ2) is 9.36. The van der Waals surface area contributed by atoms with Gasteiger partial charge in [-0.2, -0.15) is 4.31 Å². The highest BCUT2D eigenvalue weighted by Gasteiger charge is 2.32. The maximum Gasteiger partial charge on any atom is 0.244 e. The Morgan fingerprint density at radius 2 is 1.80 bits per heavy atom. The average molecular weight is 470 g/mol. The van der Waals surface area contributed by atoms with Crippen LogP contribution in [0.5, 0.6) is 0 Å². The first kappa shape index (κ1) is 23.2. The van der Waals surface area contributed by atoms with Gasteiger partial charge in [0, 0.05) is 37.1 Å². The topological polar surface area (TPSA) is 69.7 Å². The van der Waals surface area contributed by atoms with Gasteiger partial charge in [-0.3, -0.25) is 4.79 Å². The molecule has 1 N–H and O–H groups in total. The van der Waals surface area contributed by atoms with Crippen LogP contribution in [-0.4, -0.2) is 56.3 Å². The van der Waals surface area contributed by atoms with Crippen LogP contribution in [0.15, 0.2) is 46.7 Å². The van der Waals surface area contributed by atoms with Crippen molar-refractivity contribution in [2.24, 2.45) is 5.41 Å². The number of sulfonamides is 1. The summed E-state index contributed by atoms with van der Waals surface area (Å²) < 4.78 is 27.1. The molecule has 1 atom stereocenters. The molecule has 30 heavy (non-hydrogen) atoms. The highest BCUT2D eigenvalue weighted by atomic mass is 35.5. The molecule has 0 saturated carbocycles. The molecule has 1 aliphatic rings. The number of carbonyl (C=O) groups is 1. The fourth-order valence-corrected chi connectivity index (χ4v) is 6.52. The number of hydrogen-bond donors (Lipinski definition) is 1. The van der Waals surface area contributed by atoms with Gasteiger partial charge in [0.2, 0.25) is 15.9 Å². The SMILES string of the molecule is CC(C)(C)C(NCC(=O)N1CCN(S(=O)(=O)c2ccccc2Cl)CC1)c1cccs1. The first-order valence-electron chi connectivity index (χ1n) is 9.90. The molecule has 1 saturated heterocycles. The summed E-state index contributed by atoms with van der Waals surface area (Å²) in [5.41, 5.74) is -0.0349. The number of nitrogens with one attached hydrogen (secondary N) is 1. The minimum absolute atomic E-state index is 0.0180. The zero-order valence-corrected chi connectivity index (χ0v) is 19.9. The molecule has 2 aromatic rings. The lowest BCUT2D eigenvalue weighted by molar-refractivity contribution is -0.131. The monoisotopic (exact) mass is 469 g/mol. The summed E-state index contributed by atoms with van der Waals surface area (Å²) in [5.74, 6) is -0.0180. The Kier molecular flexibility index (Phi) is 7.24. The molecule has 1 aromatic heterocycles. The largest absolute Gasteiger partial charge is 0.339 e. The Hall–Kier alpha value is -1.45. The van der Waals surface area contributed by atoms with E-state index in [2.05, 4.69) is 32.2 Å². The second-order valence-electron chi connectivity index (χ2n) is 8.41. The Bertz CT molecular complexity index is 964. The van der Waals surface area contributed by atoms with Crippen LogP contribution in [0.1, 0.15) is 31.7 Å². The summed E-state index contributed by atoms with van der Waals surface area (Å²) in [4.78, 5) is 15.8. The van der Waals surface area contributed by atoms with Gasteiger partial charge in [0.1, 0.15) is 4.90 Å². The van der Waals surface area contributed by atoms with Crippen LogP contribution in [0.2, 0.25) is 5.02 Å². The van der Waals surface area contributed by atoms with Crippen molar-refractivity contribution in [2.45, 2.75) is 31.7 Å². The second-order valence-corrected chi connectivity index (χ2v) is 11.7. The number of thiophene rings is 1. The summed E-state index contributed by atoms with van der Waals surface area (Å²) in [5, 5.41) is 5.65. The predicted octanol–water partition coefficient (Wildman–Crippen LogP) is 3.61. The van der Waals surface area contributed by atoms with Gasteiger partial charge in [0.25, 0.3) is 0 Å². The zero-order chi connectivity index (χ0) is 21.9. The fraction of sp³-hybridized carbons (Fsp3) is 0.476. The van der Waals surface area contributed by atoms with E-state index in [9.17, 15) is 13.2 Å². The highest BCUT2D eigenvalue weighted by Crippen LogP contribution is 2.35. The zero-order valence-electron chi connectivity index (χ0n) is 17.5. The van der Waals surface area contributed by atoms with Gasteiger partial charge in [-0.15, -0.1) is 11.3 Å². The van der Waals surface area contributed by atoms with Crippen molar-refractivity contribution in [1.82, 2.24) is 14.5 Å². The number of rotatable bonds is 6. The summed E-state index contributed by atoms with van der Waals surface area (Å²) in [6.45, 7) is 7.90. The minimum atomic E-state index is -3.67. The summed E-state index contributed by atoms with van der Waals surface area (Å²) in [6.07, 6.45) is 0. The van der Waals surface area contributed by atoms with Gasteiger partial charge in [0.15, 0.2) is 0 Å². The van der Waals surface area contributed by atoms with Crippen LogP contribution >= 0.6 is 22.9 Å². The molecule has 9 heteroatoms. The molecule has 2 heterocycles. The maximum absolute atomic E-state index is 12.9. The molecule has 1 aliphatic heterocycles. The Morgan fingerprint density at radius 3 is 2.37 bits per heavy atom. The van der Waals surface area contributed by atoms with Crippen LogP contribution < -0.4 is 5.32 Å². The Labute approximate surface area is 187 Å². The molecule has 1 amide bonds. The van der Waals surface area contributed by atoms with Crippen LogP contribution in [0.25, 0.3) is 0 Å². The number of hydrogen-bond acceptors (Lipinski definition) is 5. The Balaban J connectivity index is 1.58. The van der Waals surface area contributed by atoms with Crippen molar-refractivity contribution >= 4 is 38.9 Å². The van der Waals surface area contributed by atoms with Gasteiger partial charge in [-0.05, 0) is 29.0 Å². The molecular formula is C21H28ClN3O3S2. The van der Waals surface area contributed by atoms with Gasteiger partial charge in [0.05, 0.1) is 11.6 Å². The molecule has 0 spiro atoms. The van der Waals surface area contributed by atoms with Crippen molar-refractivity contribution in [3.8, 4) is 0 Å². The molecule has 0 aliphatic carbocycles. The summed E-state index contributed by atoms with van der Waals surface area (Å²) >= 11 is 7.75. The van der Waals surface area contributed by atoms with Gasteiger partial charge in [-0.25, -0.2) is 8.42 Å². The first-order chi connectivity index (χ1) is 14.1. The fourth-order valence-electron chi connectivity index (χ4n) is 3.56. The minimum Gasteiger partial charge on any atom is -0.339 e. The van der Waals surface area contributed by atoms with Crippen molar-refractivity contribution in [3.63, 3.8) is 0 Å². The van der Waals surface area contributed by atoms with E-state index >= 15 is 0 Å². The van der Waals surface area contributed by atoms with E-state index in [0.29, 0.717) is 13.1 Å². The quantitative estimate of drug-likeness (QED) is 0.701. The third-order valence-corrected chi connectivity index (χ3v) is 8.53. The molecule has 0 bridgehead atoms. The molecule has 164 valence electrons. The Morgan fingerprint density at radius 1 is 1.13 bits per heavy atom. The molecule has 1 aromatic carbocycles. The van der Waals surface area contributed by atoms with Crippen molar-refractivity contribution in [2.75, 3.05) is 32.7 Å². The van der Waals surface area contributed by atoms with E-state index in [1.165, 1.54) is 15.2 Å². The predicted molar refractivity (Wildman–Crippen MR) is 121 cm³/mol.